The third-order valence-electron chi connectivity index (χ3n) is 5.79. The van der Waals surface area contributed by atoms with E-state index in [-0.39, 0.29) is 19.2 Å². The Morgan fingerprint density at radius 2 is 1.82 bits per heavy atom. The van der Waals surface area contributed by atoms with Crippen LogP contribution in [0.1, 0.15) is 34.8 Å². The molecule has 11 nitrogen and oxygen atoms in total. The van der Waals surface area contributed by atoms with Gasteiger partial charge >= 0.3 is 5.97 Å². The molecule has 11 heteroatoms. The molecule has 0 spiro atoms. The number of aliphatic hydroxyl groups is 1. The molecule has 3 aromatic heterocycles. The van der Waals surface area contributed by atoms with Gasteiger partial charge in [-0.1, -0.05) is 42.5 Å². The molecule has 1 N–H and O–H groups in total. The van der Waals surface area contributed by atoms with Crippen molar-refractivity contribution < 1.29 is 24.1 Å². The normalized spacial score (nSPS) is 11.0. The van der Waals surface area contributed by atoms with E-state index in [9.17, 15) is 4.79 Å². The fourth-order valence-electron chi connectivity index (χ4n) is 3.88. The van der Waals surface area contributed by atoms with Crippen LogP contribution in [-0.4, -0.2) is 60.2 Å². The van der Waals surface area contributed by atoms with Crippen molar-refractivity contribution in [2.75, 3.05) is 19.8 Å². The summed E-state index contributed by atoms with van der Waals surface area (Å²) in [6.45, 7) is 3.37. The first-order valence-electron chi connectivity index (χ1n) is 12.6. The largest absolute Gasteiger partial charge is 0.494 e. The smallest absolute Gasteiger partial charge is 0.341 e. The number of benzene rings is 2. The van der Waals surface area contributed by atoms with E-state index in [0.717, 1.165) is 16.9 Å². The zero-order chi connectivity index (χ0) is 27.0. The molecule has 0 aliphatic carbocycles. The number of nitrogens with zero attached hydrogens (tertiary/aromatic N) is 6. The van der Waals surface area contributed by atoms with Crippen LogP contribution >= 0.6 is 0 Å². The van der Waals surface area contributed by atoms with E-state index in [4.69, 9.17) is 19.3 Å². The highest BCUT2D eigenvalue weighted by Crippen LogP contribution is 2.25. The lowest BCUT2D eigenvalue weighted by Crippen LogP contribution is -2.08. The van der Waals surface area contributed by atoms with E-state index in [0.29, 0.717) is 48.8 Å². The first-order chi connectivity index (χ1) is 19.1. The fraction of sp³-hybridized carbons (Fsp3) is 0.250. The summed E-state index contributed by atoms with van der Waals surface area (Å²) in [4.78, 5) is 25.9. The monoisotopic (exact) mass is 528 g/mol. The standard InChI is InChI=1S/C28H28N6O5/c1-2-37-27(36)22-15-30-34(17-22)28-31-25-24(26(32-28)39-18-21-7-4-3-5-8-21)33(19-29-25)16-20-9-11-23(12-10-20)38-14-6-13-35/h3-5,7-12,15,17,19,35H,2,6,13-14,16,18H2,1H3. The maximum Gasteiger partial charge on any atom is 0.341 e. The Bertz CT molecular complexity index is 1530. The summed E-state index contributed by atoms with van der Waals surface area (Å²) in [5.41, 5.74) is 3.36. The van der Waals surface area contributed by atoms with Crippen molar-refractivity contribution in [1.82, 2.24) is 29.3 Å². The van der Waals surface area contributed by atoms with Crippen LogP contribution in [-0.2, 0) is 17.9 Å². The number of esters is 1. The molecule has 0 atom stereocenters. The van der Waals surface area contributed by atoms with E-state index in [1.807, 2.05) is 59.2 Å². The van der Waals surface area contributed by atoms with Gasteiger partial charge in [-0.2, -0.15) is 15.1 Å². The minimum atomic E-state index is -0.473. The van der Waals surface area contributed by atoms with E-state index in [1.54, 1.807) is 13.3 Å². The summed E-state index contributed by atoms with van der Waals surface area (Å²) in [6, 6.07) is 17.5. The topological polar surface area (TPSA) is 126 Å². The summed E-state index contributed by atoms with van der Waals surface area (Å²) >= 11 is 0. The number of carbonyl (C=O) groups excluding carboxylic acids is 1. The number of aromatic nitrogens is 6. The summed E-state index contributed by atoms with van der Waals surface area (Å²) < 4.78 is 20.2. The Hall–Kier alpha value is -4.77. The molecule has 0 bridgehead atoms. The molecule has 0 aliphatic rings. The number of imidazole rings is 1. The second-order valence-corrected chi connectivity index (χ2v) is 8.61. The molecule has 0 radical (unpaired) electrons. The second kappa shape index (κ2) is 12.2. The highest BCUT2D eigenvalue weighted by Gasteiger charge is 2.18. The molecule has 3 heterocycles. The van der Waals surface area contributed by atoms with Crippen molar-refractivity contribution in [2.45, 2.75) is 26.5 Å². The van der Waals surface area contributed by atoms with Crippen molar-refractivity contribution in [3.63, 3.8) is 0 Å². The highest BCUT2D eigenvalue weighted by molar-refractivity contribution is 5.88. The Balaban J connectivity index is 1.45. The van der Waals surface area contributed by atoms with Crippen molar-refractivity contribution in [3.8, 4) is 17.6 Å². The number of carbonyl (C=O) groups is 1. The summed E-state index contributed by atoms with van der Waals surface area (Å²) in [5.74, 6) is 0.827. The van der Waals surface area contributed by atoms with E-state index >= 15 is 0 Å². The quantitative estimate of drug-likeness (QED) is 0.191. The molecule has 0 fully saturated rings. The molecule has 0 aliphatic heterocycles. The first kappa shape index (κ1) is 25.9. The minimum absolute atomic E-state index is 0.0945. The van der Waals surface area contributed by atoms with Crippen LogP contribution in [0.2, 0.25) is 0 Å². The Labute approximate surface area is 224 Å². The number of hydrogen-bond donors (Lipinski definition) is 1. The van der Waals surface area contributed by atoms with Gasteiger partial charge < -0.3 is 23.9 Å². The number of rotatable bonds is 12. The third kappa shape index (κ3) is 6.21. The van der Waals surface area contributed by atoms with Gasteiger partial charge in [-0.15, -0.1) is 0 Å². The number of ether oxygens (including phenoxy) is 3. The molecule has 0 saturated heterocycles. The first-order valence-corrected chi connectivity index (χ1v) is 12.6. The Kier molecular flexibility index (Phi) is 8.08. The predicted octanol–water partition coefficient (Wildman–Crippen LogP) is 3.58. The molecular formula is C28H28N6O5. The van der Waals surface area contributed by atoms with Gasteiger partial charge in [0.1, 0.15) is 12.4 Å². The SMILES string of the molecule is CCOC(=O)c1cnn(-c2nc(OCc3ccccc3)c3c(ncn3Cc3ccc(OCCCO)cc3)n2)c1. The second-order valence-electron chi connectivity index (χ2n) is 8.61. The summed E-state index contributed by atoms with van der Waals surface area (Å²) in [5, 5.41) is 13.2. The van der Waals surface area contributed by atoms with Crippen molar-refractivity contribution >= 4 is 17.1 Å². The summed E-state index contributed by atoms with van der Waals surface area (Å²) in [6.07, 6.45) is 5.20. The van der Waals surface area contributed by atoms with E-state index in [1.165, 1.54) is 17.1 Å². The lowest BCUT2D eigenvalue weighted by atomic mass is 10.2. The lowest BCUT2D eigenvalue weighted by Gasteiger charge is -2.11. The number of hydrogen-bond acceptors (Lipinski definition) is 9. The van der Waals surface area contributed by atoms with Crippen LogP contribution in [0.25, 0.3) is 17.1 Å². The van der Waals surface area contributed by atoms with Crippen LogP contribution in [0.5, 0.6) is 11.6 Å². The minimum Gasteiger partial charge on any atom is -0.494 e. The van der Waals surface area contributed by atoms with Crippen LogP contribution in [0.4, 0.5) is 0 Å². The predicted molar refractivity (Wildman–Crippen MR) is 142 cm³/mol. The van der Waals surface area contributed by atoms with Gasteiger partial charge in [0.15, 0.2) is 11.2 Å². The van der Waals surface area contributed by atoms with Crippen LogP contribution < -0.4 is 9.47 Å². The molecule has 200 valence electrons. The number of fused-ring (bicyclic) bond motifs is 1. The van der Waals surface area contributed by atoms with Crippen molar-refractivity contribution in [1.29, 1.82) is 0 Å². The molecule has 0 unspecified atom stereocenters. The number of aliphatic hydroxyl groups excluding tert-OH is 1. The average molecular weight is 529 g/mol. The third-order valence-corrected chi connectivity index (χ3v) is 5.79. The van der Waals surface area contributed by atoms with Gasteiger partial charge in [0.05, 0.1) is 31.3 Å². The zero-order valence-corrected chi connectivity index (χ0v) is 21.4. The van der Waals surface area contributed by atoms with Gasteiger partial charge in [0, 0.05) is 25.8 Å². The molecule has 2 aromatic carbocycles. The molecule has 5 aromatic rings. The maximum atomic E-state index is 12.1. The fourth-order valence-corrected chi connectivity index (χ4v) is 3.88. The van der Waals surface area contributed by atoms with Gasteiger partial charge in [-0.05, 0) is 30.2 Å². The molecule has 0 saturated carbocycles. The van der Waals surface area contributed by atoms with Crippen LogP contribution in [0.15, 0.2) is 73.3 Å². The maximum absolute atomic E-state index is 12.1. The highest BCUT2D eigenvalue weighted by atomic mass is 16.5. The van der Waals surface area contributed by atoms with Crippen LogP contribution in [0.3, 0.4) is 0 Å². The lowest BCUT2D eigenvalue weighted by molar-refractivity contribution is 0.0526. The van der Waals surface area contributed by atoms with Gasteiger partial charge in [-0.3, -0.25) is 0 Å². The van der Waals surface area contributed by atoms with Crippen LogP contribution in [0, 0.1) is 0 Å². The van der Waals surface area contributed by atoms with E-state index < -0.39 is 5.97 Å². The zero-order valence-electron chi connectivity index (χ0n) is 21.4. The van der Waals surface area contributed by atoms with E-state index in [2.05, 4.69) is 20.1 Å². The van der Waals surface area contributed by atoms with Gasteiger partial charge in [-0.25, -0.2) is 14.5 Å². The van der Waals surface area contributed by atoms with Gasteiger partial charge in [0.2, 0.25) is 5.88 Å². The van der Waals surface area contributed by atoms with Crippen molar-refractivity contribution in [2.24, 2.45) is 0 Å². The Morgan fingerprint density at radius 3 is 2.59 bits per heavy atom. The Morgan fingerprint density at radius 1 is 1.00 bits per heavy atom. The molecule has 39 heavy (non-hydrogen) atoms. The summed E-state index contributed by atoms with van der Waals surface area (Å²) in [7, 11) is 0. The molecule has 0 amide bonds. The van der Waals surface area contributed by atoms with Crippen molar-refractivity contribution in [3.05, 3.63) is 90.0 Å². The average Bonchev–Trinajstić information content (AvgIpc) is 3.62. The molecule has 5 rings (SSSR count). The van der Waals surface area contributed by atoms with Gasteiger partial charge in [0.25, 0.3) is 5.95 Å². The molecular weight excluding hydrogens is 500 g/mol.